The van der Waals surface area contributed by atoms with Gasteiger partial charge < -0.3 is 10.1 Å². The van der Waals surface area contributed by atoms with Gasteiger partial charge in [0.1, 0.15) is 11.4 Å². The number of hydrogen-bond acceptors (Lipinski definition) is 3. The van der Waals surface area contributed by atoms with E-state index < -0.39 is 0 Å². The number of rotatable bonds is 5. The molecule has 0 aliphatic carbocycles. The Morgan fingerprint density at radius 3 is 2.76 bits per heavy atom. The second kappa shape index (κ2) is 7.21. The summed E-state index contributed by atoms with van der Waals surface area (Å²) in [6, 6.07) is 15.3. The van der Waals surface area contributed by atoms with Crippen molar-refractivity contribution < 1.29 is 9.53 Å². The molecule has 0 bridgehead atoms. The highest BCUT2D eigenvalue weighted by molar-refractivity contribution is 6.04. The van der Waals surface area contributed by atoms with E-state index in [0.717, 1.165) is 34.5 Å². The Balaban J connectivity index is 1.84. The molecule has 3 rings (SSSR count). The topological polar surface area (TPSA) is 67.0 Å². The molecule has 5 heteroatoms. The summed E-state index contributed by atoms with van der Waals surface area (Å²) in [7, 11) is 1.62. The molecule has 5 nitrogen and oxygen atoms in total. The summed E-state index contributed by atoms with van der Waals surface area (Å²) in [5.74, 6) is 0.546. The van der Waals surface area contributed by atoms with E-state index in [1.807, 2.05) is 49.4 Å². The van der Waals surface area contributed by atoms with Crippen LogP contribution in [0, 0.1) is 6.92 Å². The van der Waals surface area contributed by atoms with Gasteiger partial charge in [-0.1, -0.05) is 37.3 Å². The maximum atomic E-state index is 12.6. The summed E-state index contributed by atoms with van der Waals surface area (Å²) < 4.78 is 5.23. The minimum absolute atomic E-state index is 0.203. The Labute approximate surface area is 147 Å². The fourth-order valence-electron chi connectivity index (χ4n) is 2.75. The van der Waals surface area contributed by atoms with Crippen molar-refractivity contribution in [2.45, 2.75) is 20.3 Å². The number of hydrogen-bond donors (Lipinski definition) is 2. The number of H-pyrrole nitrogens is 1. The Morgan fingerprint density at radius 1 is 1.20 bits per heavy atom. The van der Waals surface area contributed by atoms with E-state index >= 15 is 0 Å². The number of nitrogens with one attached hydrogen (secondary N) is 2. The average Bonchev–Trinajstić information content (AvgIpc) is 3.13. The third-order valence-corrected chi connectivity index (χ3v) is 4.17. The van der Waals surface area contributed by atoms with Crippen LogP contribution in [0.25, 0.3) is 11.3 Å². The number of aromatic nitrogens is 2. The molecule has 0 unspecified atom stereocenters. The van der Waals surface area contributed by atoms with Crippen molar-refractivity contribution in [2.75, 3.05) is 12.4 Å². The molecule has 1 heterocycles. The van der Waals surface area contributed by atoms with Crippen LogP contribution in [0.15, 0.2) is 48.5 Å². The summed E-state index contributed by atoms with van der Waals surface area (Å²) in [5.41, 5.74) is 5.03. The van der Waals surface area contributed by atoms with Crippen molar-refractivity contribution in [3.05, 3.63) is 65.4 Å². The molecule has 0 spiro atoms. The molecule has 25 heavy (non-hydrogen) atoms. The number of carbonyl (C=O) groups excluding carboxylic acids is 1. The van der Waals surface area contributed by atoms with E-state index in [1.165, 1.54) is 0 Å². The molecule has 0 atom stereocenters. The zero-order chi connectivity index (χ0) is 17.8. The smallest absolute Gasteiger partial charge is 0.273 e. The highest BCUT2D eigenvalue weighted by atomic mass is 16.5. The molecule has 0 saturated heterocycles. The van der Waals surface area contributed by atoms with Gasteiger partial charge in [-0.05, 0) is 42.7 Å². The SMILES string of the molecule is CCc1cccc(C)c1NC(=O)c1cc(-c2cccc(OC)c2)n[nH]1. The summed E-state index contributed by atoms with van der Waals surface area (Å²) in [6.45, 7) is 4.06. The van der Waals surface area contributed by atoms with E-state index in [4.69, 9.17) is 4.74 Å². The van der Waals surface area contributed by atoms with Crippen LogP contribution in [0.2, 0.25) is 0 Å². The molecular weight excluding hydrogens is 314 g/mol. The van der Waals surface area contributed by atoms with Crippen molar-refractivity contribution in [3.8, 4) is 17.0 Å². The molecule has 3 aromatic rings. The highest BCUT2D eigenvalue weighted by Crippen LogP contribution is 2.24. The monoisotopic (exact) mass is 335 g/mol. The van der Waals surface area contributed by atoms with Gasteiger partial charge in [0.05, 0.1) is 12.8 Å². The maximum absolute atomic E-state index is 12.6. The largest absolute Gasteiger partial charge is 0.497 e. The first kappa shape index (κ1) is 16.8. The predicted molar refractivity (Wildman–Crippen MR) is 99.1 cm³/mol. The van der Waals surface area contributed by atoms with Crippen LogP contribution >= 0.6 is 0 Å². The Hall–Kier alpha value is -3.08. The predicted octanol–water partition coefficient (Wildman–Crippen LogP) is 4.21. The van der Waals surface area contributed by atoms with Gasteiger partial charge in [0.25, 0.3) is 5.91 Å². The Kier molecular flexibility index (Phi) is 4.84. The van der Waals surface area contributed by atoms with Gasteiger partial charge in [0.15, 0.2) is 0 Å². The summed E-state index contributed by atoms with van der Waals surface area (Å²) in [6.07, 6.45) is 0.856. The number of carbonyl (C=O) groups is 1. The van der Waals surface area contributed by atoms with Crippen molar-refractivity contribution in [1.82, 2.24) is 10.2 Å². The fourth-order valence-corrected chi connectivity index (χ4v) is 2.75. The second-order valence-electron chi connectivity index (χ2n) is 5.82. The first-order valence-electron chi connectivity index (χ1n) is 8.22. The van der Waals surface area contributed by atoms with Crippen LogP contribution in [0.5, 0.6) is 5.75 Å². The number of ether oxygens (including phenoxy) is 1. The molecule has 1 aromatic heterocycles. The van der Waals surface area contributed by atoms with Gasteiger partial charge in [-0.25, -0.2) is 0 Å². The van der Waals surface area contributed by atoms with Gasteiger partial charge >= 0.3 is 0 Å². The third-order valence-electron chi connectivity index (χ3n) is 4.17. The van der Waals surface area contributed by atoms with Crippen molar-refractivity contribution in [2.24, 2.45) is 0 Å². The zero-order valence-electron chi connectivity index (χ0n) is 14.6. The number of amides is 1. The molecule has 0 fully saturated rings. The molecular formula is C20H21N3O2. The molecule has 2 N–H and O–H groups in total. The van der Waals surface area contributed by atoms with Crippen LogP contribution in [-0.4, -0.2) is 23.2 Å². The zero-order valence-corrected chi connectivity index (χ0v) is 14.6. The van der Waals surface area contributed by atoms with Crippen LogP contribution in [-0.2, 0) is 6.42 Å². The molecule has 128 valence electrons. The summed E-state index contributed by atoms with van der Waals surface area (Å²) in [4.78, 5) is 12.6. The molecule has 1 amide bonds. The molecule has 2 aromatic carbocycles. The second-order valence-corrected chi connectivity index (χ2v) is 5.82. The minimum Gasteiger partial charge on any atom is -0.497 e. The molecule has 0 aliphatic heterocycles. The van der Waals surface area contributed by atoms with Crippen molar-refractivity contribution in [3.63, 3.8) is 0 Å². The van der Waals surface area contributed by atoms with Gasteiger partial charge in [-0.3, -0.25) is 9.89 Å². The number of para-hydroxylation sites is 1. The number of methoxy groups -OCH3 is 1. The Bertz CT molecular complexity index is 899. The normalized spacial score (nSPS) is 10.5. The standard InChI is InChI=1S/C20H21N3O2/c1-4-14-8-5-7-13(2)19(14)21-20(24)18-12-17(22-23-18)15-9-6-10-16(11-15)25-3/h5-12H,4H2,1-3H3,(H,21,24)(H,22,23). The fraction of sp³-hybridized carbons (Fsp3) is 0.200. The molecule has 0 saturated carbocycles. The van der Waals surface area contributed by atoms with Crippen LogP contribution in [0.4, 0.5) is 5.69 Å². The van der Waals surface area contributed by atoms with E-state index in [9.17, 15) is 4.79 Å². The number of aromatic amines is 1. The lowest BCUT2D eigenvalue weighted by molar-refractivity contribution is 0.102. The number of nitrogens with zero attached hydrogens (tertiary/aromatic N) is 1. The lowest BCUT2D eigenvalue weighted by Gasteiger charge is -2.12. The first-order chi connectivity index (χ1) is 12.1. The number of anilines is 1. The maximum Gasteiger partial charge on any atom is 0.273 e. The van der Waals surface area contributed by atoms with Crippen molar-refractivity contribution in [1.29, 1.82) is 0 Å². The Morgan fingerprint density at radius 2 is 2.00 bits per heavy atom. The highest BCUT2D eigenvalue weighted by Gasteiger charge is 2.14. The first-order valence-corrected chi connectivity index (χ1v) is 8.22. The molecule has 0 radical (unpaired) electrons. The molecule has 0 aliphatic rings. The lowest BCUT2D eigenvalue weighted by atomic mass is 10.1. The van der Waals surface area contributed by atoms with Gasteiger partial charge in [-0.2, -0.15) is 5.10 Å². The van der Waals surface area contributed by atoms with E-state index in [0.29, 0.717) is 11.4 Å². The van der Waals surface area contributed by atoms with Crippen molar-refractivity contribution >= 4 is 11.6 Å². The van der Waals surface area contributed by atoms with E-state index in [-0.39, 0.29) is 5.91 Å². The number of benzene rings is 2. The van der Waals surface area contributed by atoms with E-state index in [1.54, 1.807) is 13.2 Å². The third kappa shape index (κ3) is 3.55. The van der Waals surface area contributed by atoms with Gasteiger partial charge in [0, 0.05) is 11.3 Å². The van der Waals surface area contributed by atoms with Crippen LogP contribution in [0.1, 0.15) is 28.5 Å². The number of aryl methyl sites for hydroxylation is 2. The minimum atomic E-state index is -0.203. The van der Waals surface area contributed by atoms with Crippen LogP contribution < -0.4 is 10.1 Å². The van der Waals surface area contributed by atoms with Gasteiger partial charge in [-0.15, -0.1) is 0 Å². The average molecular weight is 335 g/mol. The van der Waals surface area contributed by atoms with E-state index in [2.05, 4.69) is 22.4 Å². The summed E-state index contributed by atoms with van der Waals surface area (Å²) in [5, 5.41) is 10.1. The summed E-state index contributed by atoms with van der Waals surface area (Å²) >= 11 is 0. The quantitative estimate of drug-likeness (QED) is 0.734. The van der Waals surface area contributed by atoms with Crippen LogP contribution in [0.3, 0.4) is 0 Å². The van der Waals surface area contributed by atoms with Gasteiger partial charge in [0.2, 0.25) is 0 Å². The lowest BCUT2D eigenvalue weighted by Crippen LogP contribution is -2.14.